The monoisotopic (exact) mass is 285 g/mol. The van der Waals surface area contributed by atoms with Crippen molar-refractivity contribution in [3.8, 4) is 0 Å². The quantitative estimate of drug-likeness (QED) is 0.889. The Kier molecular flexibility index (Phi) is 4.44. The molecule has 0 aliphatic heterocycles. The first-order valence-corrected chi connectivity index (χ1v) is 7.75. The summed E-state index contributed by atoms with van der Waals surface area (Å²) in [5.41, 5.74) is 1.55. The Hall–Kier alpha value is -0.910. The van der Waals surface area contributed by atoms with Crippen molar-refractivity contribution in [2.24, 2.45) is 0 Å². The van der Waals surface area contributed by atoms with E-state index in [-0.39, 0.29) is 0 Å². The van der Waals surface area contributed by atoms with Crippen LogP contribution in [0.5, 0.6) is 0 Å². The minimum Gasteiger partial charge on any atom is -0.391 e. The smallest absolute Gasteiger partial charge is 0.241 e. The van der Waals surface area contributed by atoms with Crippen LogP contribution in [0.4, 0.5) is 0 Å². The van der Waals surface area contributed by atoms with Crippen molar-refractivity contribution in [1.82, 2.24) is 4.72 Å². The molecule has 0 saturated heterocycles. The first-order chi connectivity index (χ1) is 8.47. The highest BCUT2D eigenvalue weighted by atomic mass is 32.2. The van der Waals surface area contributed by atoms with E-state index in [0.717, 1.165) is 5.56 Å². The van der Waals surface area contributed by atoms with Gasteiger partial charge in [-0.25, -0.2) is 13.1 Å². The number of hydrogen-bond donors (Lipinski definition) is 2. The fraction of sp³-hybridized carbons (Fsp3) is 0.571. The van der Waals surface area contributed by atoms with E-state index in [4.69, 9.17) is 0 Å². The summed E-state index contributed by atoms with van der Waals surface area (Å²) in [6.45, 7) is 10.4. The van der Waals surface area contributed by atoms with E-state index in [0.29, 0.717) is 16.0 Å². The molecule has 0 bridgehead atoms. The predicted molar refractivity (Wildman–Crippen MR) is 76.7 cm³/mol. The third-order valence-corrected chi connectivity index (χ3v) is 5.29. The van der Waals surface area contributed by atoms with Crippen LogP contribution >= 0.6 is 0 Å². The van der Waals surface area contributed by atoms with Gasteiger partial charge in [0.1, 0.15) is 0 Å². The van der Waals surface area contributed by atoms with Crippen LogP contribution in [0.3, 0.4) is 0 Å². The Morgan fingerprint density at radius 1 is 1.16 bits per heavy atom. The van der Waals surface area contributed by atoms with Crippen molar-refractivity contribution in [3.05, 3.63) is 28.8 Å². The molecule has 0 fully saturated rings. The molecule has 1 aromatic carbocycles. The van der Waals surface area contributed by atoms with Gasteiger partial charge in [-0.2, -0.15) is 0 Å². The number of aliphatic hydroxyl groups is 1. The number of nitrogens with one attached hydrogen (secondary N) is 1. The van der Waals surface area contributed by atoms with Crippen molar-refractivity contribution in [3.63, 3.8) is 0 Å². The van der Waals surface area contributed by atoms with Gasteiger partial charge in [-0.05, 0) is 52.7 Å². The number of hydrogen-bond acceptors (Lipinski definition) is 3. The number of rotatable bonds is 4. The summed E-state index contributed by atoms with van der Waals surface area (Å²) in [6.07, 6.45) is -0.784. The Balaban J connectivity index is 3.30. The summed E-state index contributed by atoms with van der Waals surface area (Å²) in [5.74, 6) is 0. The molecule has 0 radical (unpaired) electrons. The van der Waals surface area contributed by atoms with E-state index in [1.165, 1.54) is 0 Å². The maximum absolute atomic E-state index is 12.5. The van der Waals surface area contributed by atoms with Crippen LogP contribution in [0.2, 0.25) is 0 Å². The first-order valence-electron chi connectivity index (χ1n) is 6.27. The number of aryl methyl sites for hydroxylation is 3. The molecule has 1 rings (SSSR count). The van der Waals surface area contributed by atoms with Gasteiger partial charge in [0.05, 0.1) is 16.5 Å². The summed E-state index contributed by atoms with van der Waals surface area (Å²) in [4.78, 5) is 0.298. The summed E-state index contributed by atoms with van der Waals surface area (Å²) in [7, 11) is -3.65. The fourth-order valence-corrected chi connectivity index (χ4v) is 4.00. The lowest BCUT2D eigenvalue weighted by atomic mass is 10.0. The number of benzene rings is 1. The molecule has 1 atom stereocenters. The molecule has 0 saturated carbocycles. The zero-order valence-corrected chi connectivity index (χ0v) is 13.2. The zero-order valence-electron chi connectivity index (χ0n) is 12.4. The van der Waals surface area contributed by atoms with E-state index in [1.807, 2.05) is 19.1 Å². The van der Waals surface area contributed by atoms with Gasteiger partial charge in [0, 0.05) is 0 Å². The van der Waals surface area contributed by atoms with Gasteiger partial charge in [0.15, 0.2) is 0 Å². The van der Waals surface area contributed by atoms with Crippen LogP contribution in [0.25, 0.3) is 0 Å². The van der Waals surface area contributed by atoms with Gasteiger partial charge < -0.3 is 5.11 Å². The molecular weight excluding hydrogens is 262 g/mol. The van der Waals surface area contributed by atoms with Crippen LogP contribution in [0.1, 0.15) is 37.5 Å². The third kappa shape index (κ3) is 3.55. The molecule has 0 aromatic heterocycles. The van der Waals surface area contributed by atoms with Gasteiger partial charge in [0.25, 0.3) is 0 Å². The average Bonchev–Trinajstić information content (AvgIpc) is 2.12. The Morgan fingerprint density at radius 2 is 1.58 bits per heavy atom. The van der Waals surface area contributed by atoms with Gasteiger partial charge in [0.2, 0.25) is 10.0 Å². The standard InChI is InChI=1S/C14H23NO3S/c1-9-7-10(2)13(11(3)8-9)19(17,18)15-14(5,6)12(4)16/h7-8,12,15-16H,1-6H3. The lowest BCUT2D eigenvalue weighted by Gasteiger charge is -2.29. The van der Waals surface area contributed by atoms with Crippen molar-refractivity contribution in [1.29, 1.82) is 0 Å². The normalized spacial score (nSPS) is 14.5. The summed E-state index contributed by atoms with van der Waals surface area (Å²) in [6, 6.07) is 3.69. The molecule has 2 N–H and O–H groups in total. The summed E-state index contributed by atoms with van der Waals surface area (Å²) in [5, 5.41) is 9.65. The van der Waals surface area contributed by atoms with Crippen LogP contribution in [-0.2, 0) is 10.0 Å². The van der Waals surface area contributed by atoms with Crippen LogP contribution in [0, 0.1) is 20.8 Å². The minimum atomic E-state index is -3.65. The molecule has 0 heterocycles. The van der Waals surface area contributed by atoms with Crippen LogP contribution < -0.4 is 4.72 Å². The lowest BCUT2D eigenvalue weighted by Crippen LogP contribution is -2.51. The molecule has 5 heteroatoms. The Labute approximate surface area is 115 Å². The van der Waals surface area contributed by atoms with Gasteiger partial charge in [-0.3, -0.25) is 0 Å². The van der Waals surface area contributed by atoms with Crippen molar-refractivity contribution >= 4 is 10.0 Å². The highest BCUT2D eigenvalue weighted by Gasteiger charge is 2.31. The van der Waals surface area contributed by atoms with Crippen molar-refractivity contribution < 1.29 is 13.5 Å². The third-order valence-electron chi connectivity index (χ3n) is 3.32. The van der Waals surface area contributed by atoms with Crippen LogP contribution in [-0.4, -0.2) is 25.2 Å². The number of sulfonamides is 1. The molecule has 0 amide bonds. The first kappa shape index (κ1) is 16.1. The molecular formula is C14H23NO3S. The van der Waals surface area contributed by atoms with E-state index in [2.05, 4.69) is 4.72 Å². The SMILES string of the molecule is Cc1cc(C)c(S(=O)(=O)NC(C)(C)C(C)O)c(C)c1. The van der Waals surface area contributed by atoms with E-state index in [1.54, 1.807) is 34.6 Å². The molecule has 0 spiro atoms. The predicted octanol–water partition coefficient (Wildman–Crippen LogP) is 2.05. The molecule has 1 aromatic rings. The summed E-state index contributed by atoms with van der Waals surface area (Å²) >= 11 is 0. The highest BCUT2D eigenvalue weighted by molar-refractivity contribution is 7.89. The topological polar surface area (TPSA) is 66.4 Å². The molecule has 0 aliphatic rings. The second-order valence-electron chi connectivity index (χ2n) is 5.73. The molecule has 0 aliphatic carbocycles. The largest absolute Gasteiger partial charge is 0.391 e. The van der Waals surface area contributed by atoms with E-state index < -0.39 is 21.7 Å². The maximum atomic E-state index is 12.5. The van der Waals surface area contributed by atoms with Crippen molar-refractivity contribution in [2.75, 3.05) is 0 Å². The molecule has 19 heavy (non-hydrogen) atoms. The highest BCUT2D eigenvalue weighted by Crippen LogP contribution is 2.23. The summed E-state index contributed by atoms with van der Waals surface area (Å²) < 4.78 is 27.5. The maximum Gasteiger partial charge on any atom is 0.241 e. The molecule has 108 valence electrons. The van der Waals surface area contributed by atoms with E-state index >= 15 is 0 Å². The molecule has 4 nitrogen and oxygen atoms in total. The fourth-order valence-electron chi connectivity index (χ4n) is 2.07. The zero-order chi connectivity index (χ0) is 15.0. The van der Waals surface area contributed by atoms with Gasteiger partial charge >= 0.3 is 0 Å². The Morgan fingerprint density at radius 3 is 1.95 bits per heavy atom. The second-order valence-corrected chi connectivity index (χ2v) is 7.35. The van der Waals surface area contributed by atoms with E-state index in [9.17, 15) is 13.5 Å². The lowest BCUT2D eigenvalue weighted by molar-refractivity contribution is 0.111. The van der Waals surface area contributed by atoms with Crippen LogP contribution in [0.15, 0.2) is 17.0 Å². The number of aliphatic hydroxyl groups excluding tert-OH is 1. The van der Waals surface area contributed by atoms with Gasteiger partial charge in [-0.15, -0.1) is 0 Å². The Bertz CT molecular complexity index is 551. The van der Waals surface area contributed by atoms with Gasteiger partial charge in [-0.1, -0.05) is 17.7 Å². The molecule has 1 unspecified atom stereocenters. The van der Waals surface area contributed by atoms with Crippen molar-refractivity contribution in [2.45, 2.75) is 58.1 Å². The minimum absolute atomic E-state index is 0.298. The average molecular weight is 285 g/mol. The second kappa shape index (κ2) is 5.23.